The van der Waals surface area contributed by atoms with Gasteiger partial charge >= 0.3 is 0 Å². The van der Waals surface area contributed by atoms with Crippen molar-refractivity contribution in [3.05, 3.63) is 105 Å². The predicted molar refractivity (Wildman–Crippen MR) is 143 cm³/mol. The Kier molecular flexibility index (Phi) is 7.07. The first kappa shape index (κ1) is 25.4. The highest BCUT2D eigenvalue weighted by Gasteiger charge is 2.24. The maximum atomic E-state index is 13.2. The Labute approximate surface area is 224 Å². The predicted octanol–water partition coefficient (Wildman–Crippen LogP) is 3.17. The number of nitrogens with zero attached hydrogens (tertiary/aromatic N) is 4. The minimum Gasteiger partial charge on any atom is -0.497 e. The van der Waals surface area contributed by atoms with Crippen LogP contribution >= 0.6 is 11.6 Å². The third-order valence-electron chi connectivity index (χ3n) is 6.61. The molecular formula is C29H25ClN4O4. The van der Waals surface area contributed by atoms with Crippen LogP contribution in [0.5, 0.6) is 5.75 Å². The molecule has 0 aromatic heterocycles. The number of anilines is 1. The number of methoxy groups -OCH3 is 1. The van der Waals surface area contributed by atoms with E-state index in [-0.39, 0.29) is 17.4 Å². The van der Waals surface area contributed by atoms with Gasteiger partial charge in [0, 0.05) is 54.1 Å². The number of hydrogen-bond acceptors (Lipinski definition) is 6. The smallest absolute Gasteiger partial charge is 0.296 e. The molecule has 3 aromatic carbocycles. The summed E-state index contributed by atoms with van der Waals surface area (Å²) in [5.74, 6) is -0.612. The Morgan fingerprint density at radius 2 is 1.71 bits per heavy atom. The third kappa shape index (κ3) is 5.21. The molecular weight excluding hydrogens is 504 g/mol. The fourth-order valence-electron chi connectivity index (χ4n) is 4.52. The molecule has 3 aromatic rings. The van der Waals surface area contributed by atoms with E-state index < -0.39 is 5.91 Å². The molecule has 0 unspecified atom stereocenters. The number of fused-ring (bicyclic) bond motifs is 1. The molecule has 0 bridgehead atoms. The van der Waals surface area contributed by atoms with Gasteiger partial charge in [0.15, 0.2) is 5.78 Å². The van der Waals surface area contributed by atoms with E-state index >= 15 is 0 Å². The molecule has 2 aliphatic rings. The van der Waals surface area contributed by atoms with E-state index in [2.05, 4.69) is 14.9 Å². The van der Waals surface area contributed by atoms with E-state index in [1.165, 1.54) is 13.2 Å². The Hall–Kier alpha value is -4.30. The standard InChI is InChI=1S/C29H25ClN4O4/c1-18-6-8-21(30)16-26(18)33-10-12-34(13-11-33)29(37)20-7-9-23-24(15-20)32-28(36)25(31-23)17-27(35)19-4-3-5-22(14-19)38-2/h3-9,14-17H,10-13H2,1-2H3/b25-17-. The fourth-order valence-corrected chi connectivity index (χ4v) is 4.69. The van der Waals surface area contributed by atoms with Gasteiger partial charge in [-0.05, 0) is 55.0 Å². The first-order chi connectivity index (χ1) is 18.3. The zero-order chi connectivity index (χ0) is 26.8. The van der Waals surface area contributed by atoms with Gasteiger partial charge in [-0.25, -0.2) is 9.98 Å². The molecule has 0 aliphatic carbocycles. The molecule has 5 rings (SSSR count). The van der Waals surface area contributed by atoms with Crippen LogP contribution in [0.2, 0.25) is 5.02 Å². The number of aryl methyl sites for hydroxylation is 1. The first-order valence-corrected chi connectivity index (χ1v) is 12.5. The molecule has 0 N–H and O–H groups in total. The van der Waals surface area contributed by atoms with Crippen LogP contribution in [0.15, 0.2) is 82.4 Å². The van der Waals surface area contributed by atoms with E-state index in [0.29, 0.717) is 58.8 Å². The lowest BCUT2D eigenvalue weighted by Crippen LogP contribution is -2.49. The van der Waals surface area contributed by atoms with Gasteiger partial charge in [-0.2, -0.15) is 0 Å². The monoisotopic (exact) mass is 528 g/mol. The third-order valence-corrected chi connectivity index (χ3v) is 6.84. The number of ether oxygens (including phenoxy) is 1. The van der Waals surface area contributed by atoms with E-state index in [1.54, 1.807) is 47.4 Å². The first-order valence-electron chi connectivity index (χ1n) is 12.1. The summed E-state index contributed by atoms with van der Waals surface area (Å²) in [5.41, 5.74) is 2.96. The van der Waals surface area contributed by atoms with Gasteiger partial charge in [0.25, 0.3) is 11.8 Å². The average Bonchev–Trinajstić information content (AvgIpc) is 2.94. The lowest BCUT2D eigenvalue weighted by atomic mass is 10.1. The number of amides is 2. The van der Waals surface area contributed by atoms with Gasteiger partial charge in [-0.3, -0.25) is 14.4 Å². The second kappa shape index (κ2) is 10.6. The summed E-state index contributed by atoms with van der Waals surface area (Å²) in [6.07, 6.45) is 1.17. The number of carbonyl (C=O) groups excluding carboxylic acids is 3. The Bertz CT molecular complexity index is 1610. The second-order valence-electron chi connectivity index (χ2n) is 9.07. The lowest BCUT2D eigenvalue weighted by Gasteiger charge is -2.37. The quantitative estimate of drug-likeness (QED) is 0.375. The van der Waals surface area contributed by atoms with Gasteiger partial charge in [-0.15, -0.1) is 0 Å². The summed E-state index contributed by atoms with van der Waals surface area (Å²) in [6, 6.07) is 17.4. The Balaban J connectivity index is 1.32. The summed E-state index contributed by atoms with van der Waals surface area (Å²) in [6.45, 7) is 4.53. The van der Waals surface area contributed by atoms with Crippen LogP contribution in [0.4, 0.5) is 5.69 Å². The zero-order valence-electron chi connectivity index (χ0n) is 21.0. The van der Waals surface area contributed by atoms with E-state index in [9.17, 15) is 14.4 Å². The molecule has 192 valence electrons. The van der Waals surface area contributed by atoms with Crippen LogP contribution in [0.1, 0.15) is 26.3 Å². The fraction of sp³-hybridized carbons (Fsp3) is 0.207. The largest absolute Gasteiger partial charge is 0.497 e. The Morgan fingerprint density at radius 3 is 2.47 bits per heavy atom. The molecule has 9 heteroatoms. The molecule has 2 amide bonds. The molecule has 2 heterocycles. The van der Waals surface area contributed by atoms with E-state index in [1.807, 2.05) is 25.1 Å². The lowest BCUT2D eigenvalue weighted by molar-refractivity contribution is -0.114. The minimum atomic E-state index is -0.635. The van der Waals surface area contributed by atoms with Crippen LogP contribution < -0.4 is 20.4 Å². The van der Waals surface area contributed by atoms with Crippen molar-refractivity contribution in [3.63, 3.8) is 0 Å². The van der Waals surface area contributed by atoms with Crippen LogP contribution in [-0.2, 0) is 4.79 Å². The van der Waals surface area contributed by atoms with Crippen molar-refractivity contribution in [3.8, 4) is 5.75 Å². The zero-order valence-corrected chi connectivity index (χ0v) is 21.7. The van der Waals surface area contributed by atoms with Crippen LogP contribution in [0.3, 0.4) is 0 Å². The Morgan fingerprint density at radius 1 is 0.921 bits per heavy atom. The average molecular weight is 529 g/mol. The van der Waals surface area contributed by atoms with Gasteiger partial charge in [0.1, 0.15) is 11.4 Å². The summed E-state index contributed by atoms with van der Waals surface area (Å²) in [5, 5.41) is 1.41. The van der Waals surface area contributed by atoms with Crippen LogP contribution in [0.25, 0.3) is 0 Å². The molecule has 1 saturated heterocycles. The highest BCUT2D eigenvalue weighted by atomic mass is 35.5. The summed E-state index contributed by atoms with van der Waals surface area (Å²) in [7, 11) is 1.51. The summed E-state index contributed by atoms with van der Waals surface area (Å²) < 4.78 is 5.15. The van der Waals surface area contributed by atoms with Crippen molar-refractivity contribution in [2.24, 2.45) is 9.98 Å². The molecule has 8 nitrogen and oxygen atoms in total. The highest BCUT2D eigenvalue weighted by Crippen LogP contribution is 2.25. The second-order valence-corrected chi connectivity index (χ2v) is 9.50. The maximum Gasteiger partial charge on any atom is 0.296 e. The van der Waals surface area contributed by atoms with Crippen molar-refractivity contribution in [2.45, 2.75) is 6.92 Å². The summed E-state index contributed by atoms with van der Waals surface area (Å²) in [4.78, 5) is 51.0. The summed E-state index contributed by atoms with van der Waals surface area (Å²) >= 11 is 6.18. The molecule has 2 aliphatic heterocycles. The molecule has 0 radical (unpaired) electrons. The number of halogens is 1. The number of benzene rings is 3. The van der Waals surface area contributed by atoms with Gasteiger partial charge < -0.3 is 14.5 Å². The van der Waals surface area contributed by atoms with Gasteiger partial charge in [0.05, 0.1) is 17.8 Å². The van der Waals surface area contributed by atoms with Crippen molar-refractivity contribution in [2.75, 3.05) is 38.2 Å². The normalized spacial score (nSPS) is 16.0. The number of rotatable bonds is 5. The van der Waals surface area contributed by atoms with Gasteiger partial charge in [-0.1, -0.05) is 29.8 Å². The number of allylic oxidation sites excluding steroid dienone is 1. The topological polar surface area (TPSA) is 91.6 Å². The number of ketones is 1. The SMILES string of the molecule is COc1cccc(C(=O)/C=C2\N=c3ccc(C(=O)N4CCN(c5cc(Cl)ccc5C)CC4)cc3=NC2=O)c1. The van der Waals surface area contributed by atoms with Gasteiger partial charge in [0.2, 0.25) is 0 Å². The van der Waals surface area contributed by atoms with Crippen LogP contribution in [-0.4, -0.2) is 55.8 Å². The van der Waals surface area contributed by atoms with Crippen LogP contribution in [0, 0.1) is 6.92 Å². The molecule has 1 fully saturated rings. The molecule has 38 heavy (non-hydrogen) atoms. The molecule has 0 saturated carbocycles. The van der Waals surface area contributed by atoms with Crippen molar-refractivity contribution >= 4 is 34.9 Å². The van der Waals surface area contributed by atoms with E-state index in [0.717, 1.165) is 11.3 Å². The number of carbonyl (C=O) groups is 3. The maximum absolute atomic E-state index is 13.2. The number of hydrogen-bond donors (Lipinski definition) is 0. The number of piperazine rings is 1. The molecule has 0 atom stereocenters. The van der Waals surface area contributed by atoms with Crippen molar-refractivity contribution < 1.29 is 19.1 Å². The highest BCUT2D eigenvalue weighted by molar-refractivity contribution is 6.30. The van der Waals surface area contributed by atoms with Crippen molar-refractivity contribution in [1.29, 1.82) is 0 Å². The van der Waals surface area contributed by atoms with E-state index in [4.69, 9.17) is 16.3 Å². The van der Waals surface area contributed by atoms with Crippen molar-refractivity contribution in [1.82, 2.24) is 4.90 Å². The molecule has 0 spiro atoms. The minimum absolute atomic E-state index is 0.0585.